The number of hydrogen-bond acceptors (Lipinski definition) is 9. The van der Waals surface area contributed by atoms with Gasteiger partial charge in [0.15, 0.2) is 15.8 Å². The number of furan rings is 1. The van der Waals surface area contributed by atoms with Gasteiger partial charge in [0.05, 0.1) is 29.1 Å². The predicted octanol–water partition coefficient (Wildman–Crippen LogP) is 4.25. The zero-order valence-corrected chi connectivity index (χ0v) is 23.1. The lowest BCUT2D eigenvalue weighted by atomic mass is 10.1. The number of amidine groups is 1. The molecule has 0 amide bonds. The summed E-state index contributed by atoms with van der Waals surface area (Å²) in [6.45, 7) is 11.6. The summed E-state index contributed by atoms with van der Waals surface area (Å²) in [5, 5.41) is 17.8. The molecule has 194 valence electrons. The second-order valence-electron chi connectivity index (χ2n) is 8.41. The van der Waals surface area contributed by atoms with Crippen molar-refractivity contribution in [2.24, 2.45) is 4.40 Å². The highest BCUT2D eigenvalue weighted by molar-refractivity contribution is 7.93. The average Bonchev–Trinajstić information content (AvgIpc) is 3.45. The van der Waals surface area contributed by atoms with E-state index in [-0.39, 0.29) is 46.5 Å². The summed E-state index contributed by atoms with van der Waals surface area (Å²) >= 11 is 0.911. The Morgan fingerprint density at radius 2 is 1.89 bits per heavy atom. The molecule has 0 saturated carbocycles. The summed E-state index contributed by atoms with van der Waals surface area (Å²) < 4.78 is 61.1. The minimum atomic E-state index is -3.91. The van der Waals surface area contributed by atoms with E-state index in [4.69, 9.17) is 4.42 Å². The van der Waals surface area contributed by atoms with E-state index in [1.165, 1.54) is 4.31 Å². The van der Waals surface area contributed by atoms with Crippen LogP contribution in [0.3, 0.4) is 0 Å². The van der Waals surface area contributed by atoms with Crippen molar-refractivity contribution in [3.8, 4) is 5.75 Å². The molecule has 3 N–H and O–H groups in total. The molecule has 0 spiro atoms. The van der Waals surface area contributed by atoms with Gasteiger partial charge in [0, 0.05) is 18.0 Å². The van der Waals surface area contributed by atoms with Crippen LogP contribution in [-0.4, -0.2) is 45.2 Å². The van der Waals surface area contributed by atoms with Crippen LogP contribution in [0, 0.1) is 6.92 Å². The first-order valence-corrected chi connectivity index (χ1v) is 15.1. The summed E-state index contributed by atoms with van der Waals surface area (Å²) in [5.41, 5.74) is 1.32. The minimum Gasteiger partial charge on any atom is -0.504 e. The zero-order valence-electron chi connectivity index (χ0n) is 20.6. The molecule has 0 unspecified atom stereocenters. The van der Waals surface area contributed by atoms with Gasteiger partial charge in [0.1, 0.15) is 5.76 Å². The summed E-state index contributed by atoms with van der Waals surface area (Å²) in [6, 6.07) is 1.60. The van der Waals surface area contributed by atoms with E-state index in [0.717, 1.165) is 22.3 Å². The number of hydrogen-bond donors (Lipinski definition) is 3. The molecule has 0 bridgehead atoms. The van der Waals surface area contributed by atoms with Crippen LogP contribution in [0.1, 0.15) is 69.2 Å². The molecule has 0 saturated heterocycles. The Balaban J connectivity index is 1.92. The molecular formula is C22H32N4O6S3. The SMILES string of the molecule is CC[C@@H](NC1=CS(=O)(=O)N=C1Nc1c(C)sc(S(=O)(=O)N(CC)CC)c1O)c1cc(C(C)C)co1. The number of nitrogens with one attached hydrogen (secondary N) is 2. The number of aromatic hydroxyl groups is 1. The van der Waals surface area contributed by atoms with Crippen LogP contribution in [0.4, 0.5) is 5.69 Å². The quantitative estimate of drug-likeness (QED) is 0.403. The van der Waals surface area contributed by atoms with E-state index < -0.39 is 25.8 Å². The maximum absolute atomic E-state index is 13.0. The second-order valence-corrected chi connectivity index (χ2v) is 13.2. The Kier molecular flexibility index (Phi) is 8.04. The van der Waals surface area contributed by atoms with Crippen molar-refractivity contribution in [3.05, 3.63) is 39.6 Å². The first-order valence-electron chi connectivity index (χ1n) is 11.4. The number of anilines is 1. The Morgan fingerprint density at radius 3 is 2.43 bits per heavy atom. The van der Waals surface area contributed by atoms with E-state index in [2.05, 4.69) is 15.0 Å². The van der Waals surface area contributed by atoms with Gasteiger partial charge in [-0.15, -0.1) is 15.7 Å². The Bertz CT molecular complexity index is 1350. The lowest BCUT2D eigenvalue weighted by molar-refractivity contribution is 0.428. The van der Waals surface area contributed by atoms with Crippen molar-refractivity contribution in [1.29, 1.82) is 0 Å². The Labute approximate surface area is 210 Å². The van der Waals surface area contributed by atoms with Gasteiger partial charge < -0.3 is 20.2 Å². The summed E-state index contributed by atoms with van der Waals surface area (Å²) in [7, 11) is -7.82. The van der Waals surface area contributed by atoms with E-state index in [9.17, 15) is 21.9 Å². The van der Waals surface area contributed by atoms with Crippen LogP contribution in [-0.2, 0) is 20.0 Å². The monoisotopic (exact) mass is 544 g/mol. The molecule has 0 fully saturated rings. The molecule has 0 radical (unpaired) electrons. The Morgan fingerprint density at radius 1 is 1.23 bits per heavy atom. The lowest BCUT2D eigenvalue weighted by Gasteiger charge is -2.18. The maximum Gasteiger partial charge on any atom is 0.279 e. The molecule has 35 heavy (non-hydrogen) atoms. The number of aryl methyl sites for hydroxylation is 1. The molecule has 1 aliphatic rings. The van der Waals surface area contributed by atoms with Gasteiger partial charge in [-0.25, -0.2) is 8.42 Å². The van der Waals surface area contributed by atoms with Crippen LogP contribution in [0.25, 0.3) is 0 Å². The maximum atomic E-state index is 13.0. The fourth-order valence-electron chi connectivity index (χ4n) is 3.64. The van der Waals surface area contributed by atoms with Gasteiger partial charge in [0.2, 0.25) is 0 Å². The molecule has 2 aromatic heterocycles. The highest BCUT2D eigenvalue weighted by atomic mass is 32.2. The molecule has 0 aromatic carbocycles. The third kappa shape index (κ3) is 5.57. The van der Waals surface area contributed by atoms with Gasteiger partial charge in [-0.3, -0.25) is 0 Å². The smallest absolute Gasteiger partial charge is 0.279 e. The number of thiophene rings is 1. The van der Waals surface area contributed by atoms with E-state index in [0.29, 0.717) is 17.1 Å². The molecule has 0 aliphatic carbocycles. The van der Waals surface area contributed by atoms with Gasteiger partial charge >= 0.3 is 0 Å². The summed E-state index contributed by atoms with van der Waals surface area (Å²) in [5.74, 6) is 0.427. The molecule has 13 heteroatoms. The van der Waals surface area contributed by atoms with Crippen molar-refractivity contribution < 1.29 is 26.4 Å². The summed E-state index contributed by atoms with van der Waals surface area (Å²) in [6.07, 6.45) is 2.28. The average molecular weight is 545 g/mol. The molecule has 1 aliphatic heterocycles. The van der Waals surface area contributed by atoms with Crippen LogP contribution >= 0.6 is 11.3 Å². The third-order valence-electron chi connectivity index (χ3n) is 5.68. The van der Waals surface area contributed by atoms with Crippen LogP contribution in [0.15, 0.2) is 36.5 Å². The molecular weight excluding hydrogens is 512 g/mol. The largest absolute Gasteiger partial charge is 0.504 e. The number of nitrogens with zero attached hydrogens (tertiary/aromatic N) is 2. The standard InChI is InChI=1S/C22H32N4O6S3/c1-7-16(18-10-15(11-32-18)13(4)5)23-17-12-34(28,29)25-21(17)24-19-14(6)33-22(20(19)27)35(30,31)26(8-2)9-3/h10-13,16,23,27H,7-9H2,1-6H3,(H,24,25)/t16-/m1/s1. The zero-order chi connectivity index (χ0) is 26.1. The van der Waals surface area contributed by atoms with Gasteiger partial charge in [-0.05, 0) is 30.9 Å². The minimum absolute atomic E-state index is 0.0397. The van der Waals surface area contributed by atoms with Crippen LogP contribution < -0.4 is 10.6 Å². The molecule has 10 nitrogen and oxygen atoms in total. The molecule has 1 atom stereocenters. The van der Waals surface area contributed by atoms with Crippen molar-refractivity contribution in [3.63, 3.8) is 0 Å². The number of sulfonamides is 2. The highest BCUT2D eigenvalue weighted by Crippen LogP contribution is 2.43. The van der Waals surface area contributed by atoms with E-state index in [1.54, 1.807) is 27.0 Å². The lowest BCUT2D eigenvalue weighted by Crippen LogP contribution is -2.30. The predicted molar refractivity (Wildman–Crippen MR) is 138 cm³/mol. The first-order chi connectivity index (χ1) is 16.3. The van der Waals surface area contributed by atoms with Gasteiger partial charge in [-0.1, -0.05) is 34.6 Å². The molecule has 2 aromatic rings. The van der Waals surface area contributed by atoms with E-state index >= 15 is 0 Å². The topological polar surface area (TPSA) is 141 Å². The Hall–Kier alpha value is -2.35. The fourth-order valence-corrected chi connectivity index (χ4v) is 7.67. The molecule has 3 heterocycles. The number of rotatable bonds is 10. The third-order valence-corrected chi connectivity index (χ3v) is 10.3. The first kappa shape index (κ1) is 27.2. The highest BCUT2D eigenvalue weighted by Gasteiger charge is 2.32. The van der Waals surface area contributed by atoms with Crippen LogP contribution in [0.2, 0.25) is 0 Å². The van der Waals surface area contributed by atoms with Crippen LogP contribution in [0.5, 0.6) is 5.75 Å². The normalized spacial score (nSPS) is 16.5. The van der Waals surface area contributed by atoms with Crippen molar-refractivity contribution in [2.75, 3.05) is 18.4 Å². The second kappa shape index (κ2) is 10.3. The molecule has 3 rings (SSSR count). The van der Waals surface area contributed by atoms with Crippen molar-refractivity contribution in [2.45, 2.75) is 64.1 Å². The van der Waals surface area contributed by atoms with Gasteiger partial charge in [0.25, 0.3) is 20.0 Å². The van der Waals surface area contributed by atoms with Gasteiger partial charge in [-0.2, -0.15) is 12.7 Å². The fraction of sp³-hybridized carbons (Fsp3) is 0.500. The van der Waals surface area contributed by atoms with Crippen molar-refractivity contribution >= 4 is 42.9 Å². The van der Waals surface area contributed by atoms with Crippen molar-refractivity contribution in [1.82, 2.24) is 9.62 Å². The van der Waals surface area contributed by atoms with E-state index in [1.807, 2.05) is 26.8 Å². The summed E-state index contributed by atoms with van der Waals surface area (Å²) in [4.78, 5) is 0.472.